The Hall–Kier alpha value is -3.13. The van der Waals surface area contributed by atoms with E-state index in [1.165, 1.54) is 10.1 Å². The lowest BCUT2D eigenvalue weighted by Gasteiger charge is -2.44. The lowest BCUT2D eigenvalue weighted by atomic mass is 9.88. The van der Waals surface area contributed by atoms with Crippen molar-refractivity contribution in [2.45, 2.75) is 25.4 Å². The van der Waals surface area contributed by atoms with Crippen LogP contribution in [-0.4, -0.2) is 62.3 Å². The fourth-order valence-corrected chi connectivity index (χ4v) is 4.53. The predicted octanol–water partition coefficient (Wildman–Crippen LogP) is 1.58. The lowest BCUT2D eigenvalue weighted by molar-refractivity contribution is 0.0470. The fourth-order valence-electron chi connectivity index (χ4n) is 4.53. The van der Waals surface area contributed by atoms with Crippen molar-refractivity contribution in [3.63, 3.8) is 0 Å². The highest BCUT2D eigenvalue weighted by Gasteiger charge is 2.50. The molecule has 0 spiro atoms. The number of carbonyl (C=O) groups is 1. The molecule has 1 N–H and O–H groups in total. The summed E-state index contributed by atoms with van der Waals surface area (Å²) in [5.74, 6) is 0. The van der Waals surface area contributed by atoms with Crippen molar-refractivity contribution in [1.29, 1.82) is 0 Å². The van der Waals surface area contributed by atoms with Crippen molar-refractivity contribution >= 4 is 11.7 Å². The molecule has 0 radical (unpaired) electrons. The number of piperazine rings is 1. The molecule has 29 heavy (non-hydrogen) atoms. The molecule has 2 saturated heterocycles. The normalized spacial score (nSPS) is 22.1. The van der Waals surface area contributed by atoms with E-state index in [9.17, 15) is 9.59 Å². The molecule has 0 bridgehead atoms. The van der Waals surface area contributed by atoms with Crippen molar-refractivity contribution < 1.29 is 9.53 Å². The molecule has 2 fully saturated rings. The third kappa shape index (κ3) is 3.19. The Morgan fingerprint density at radius 1 is 1.17 bits per heavy atom. The Morgan fingerprint density at radius 2 is 2.00 bits per heavy atom. The highest BCUT2D eigenvalue weighted by atomic mass is 16.6. The van der Waals surface area contributed by atoms with Crippen molar-refractivity contribution in [2.75, 3.05) is 26.2 Å². The van der Waals surface area contributed by atoms with E-state index >= 15 is 0 Å². The van der Waals surface area contributed by atoms with Gasteiger partial charge >= 0.3 is 6.09 Å². The SMILES string of the molecule is Cc1cc2nc(CN3CCN4C(=O)OCC4(Cc4ccccc4)C3)cc(=O)n2[nH]1. The number of ether oxygens (including phenoxy) is 1. The number of fused-ring (bicyclic) bond motifs is 2. The van der Waals surface area contributed by atoms with Gasteiger partial charge < -0.3 is 4.74 Å². The van der Waals surface area contributed by atoms with Crippen LogP contribution in [0, 0.1) is 6.92 Å². The van der Waals surface area contributed by atoms with Crippen LogP contribution in [0.4, 0.5) is 4.79 Å². The van der Waals surface area contributed by atoms with Crippen LogP contribution in [0.5, 0.6) is 0 Å². The summed E-state index contributed by atoms with van der Waals surface area (Å²) in [6, 6.07) is 13.6. The van der Waals surface area contributed by atoms with Gasteiger partial charge in [0.2, 0.25) is 0 Å². The molecule has 3 aromatic rings. The number of aromatic amines is 1. The van der Waals surface area contributed by atoms with Crippen LogP contribution in [0.15, 0.2) is 47.3 Å². The molecular formula is C21H23N5O3. The second-order valence-electron chi connectivity index (χ2n) is 8.02. The number of cyclic esters (lactones) is 1. The Labute approximate surface area is 167 Å². The van der Waals surface area contributed by atoms with Gasteiger partial charge in [-0.15, -0.1) is 0 Å². The number of rotatable bonds is 4. The van der Waals surface area contributed by atoms with E-state index in [4.69, 9.17) is 4.74 Å². The Morgan fingerprint density at radius 3 is 2.83 bits per heavy atom. The van der Waals surface area contributed by atoms with Gasteiger partial charge in [0.05, 0.1) is 11.2 Å². The molecule has 8 nitrogen and oxygen atoms in total. The fraction of sp³-hybridized carbons (Fsp3) is 0.381. The maximum absolute atomic E-state index is 12.4. The molecule has 4 heterocycles. The number of H-pyrrole nitrogens is 1. The van der Waals surface area contributed by atoms with Crippen molar-refractivity contribution in [1.82, 2.24) is 24.4 Å². The number of aryl methyl sites for hydroxylation is 1. The number of amides is 1. The summed E-state index contributed by atoms with van der Waals surface area (Å²) in [6.07, 6.45) is 0.503. The number of aromatic nitrogens is 3. The second kappa shape index (κ2) is 6.73. The van der Waals surface area contributed by atoms with Crippen molar-refractivity contribution in [2.24, 2.45) is 0 Å². The number of benzene rings is 1. The molecule has 150 valence electrons. The average Bonchev–Trinajstić information content (AvgIpc) is 3.22. The standard InChI is InChI=1S/C21H23N5O3/c1-15-9-18-22-17(10-19(27)26(18)23-15)12-24-7-8-25-20(28)29-14-21(25,13-24)11-16-5-3-2-4-6-16/h2-6,9-10,23H,7-8,11-14H2,1H3. The smallest absolute Gasteiger partial charge is 0.410 e. The molecule has 2 aromatic heterocycles. The minimum atomic E-state index is -0.388. The van der Waals surface area contributed by atoms with E-state index in [2.05, 4.69) is 27.1 Å². The van der Waals surface area contributed by atoms with Gasteiger partial charge in [-0.2, -0.15) is 0 Å². The predicted molar refractivity (Wildman–Crippen MR) is 107 cm³/mol. The summed E-state index contributed by atoms with van der Waals surface area (Å²) in [6.45, 7) is 4.85. The topological polar surface area (TPSA) is 82.9 Å². The molecule has 1 atom stereocenters. The first kappa shape index (κ1) is 17.9. The van der Waals surface area contributed by atoms with Crippen LogP contribution >= 0.6 is 0 Å². The highest BCUT2D eigenvalue weighted by Crippen LogP contribution is 2.32. The molecule has 5 rings (SSSR count). The number of nitrogens with one attached hydrogen (secondary N) is 1. The zero-order valence-electron chi connectivity index (χ0n) is 16.3. The summed E-state index contributed by atoms with van der Waals surface area (Å²) in [5, 5.41) is 2.99. The zero-order valence-corrected chi connectivity index (χ0v) is 16.3. The third-order valence-corrected chi connectivity index (χ3v) is 5.81. The first-order valence-corrected chi connectivity index (χ1v) is 9.81. The molecule has 1 unspecified atom stereocenters. The van der Waals surface area contributed by atoms with E-state index in [-0.39, 0.29) is 17.2 Å². The Kier molecular flexibility index (Phi) is 4.16. The second-order valence-corrected chi connectivity index (χ2v) is 8.02. The minimum absolute atomic E-state index is 0.116. The molecular weight excluding hydrogens is 370 g/mol. The van der Waals surface area contributed by atoms with Crippen LogP contribution in [-0.2, 0) is 17.7 Å². The molecule has 0 saturated carbocycles. The van der Waals surface area contributed by atoms with E-state index in [0.717, 1.165) is 24.4 Å². The third-order valence-electron chi connectivity index (χ3n) is 5.81. The van der Waals surface area contributed by atoms with Crippen LogP contribution in [0.25, 0.3) is 5.65 Å². The summed E-state index contributed by atoms with van der Waals surface area (Å²) >= 11 is 0. The maximum Gasteiger partial charge on any atom is 0.410 e. The Bertz CT molecular complexity index is 1120. The number of carbonyl (C=O) groups excluding carboxylic acids is 1. The molecule has 0 aliphatic carbocycles. The molecule has 1 amide bonds. The lowest BCUT2D eigenvalue weighted by Crippen LogP contribution is -2.62. The highest BCUT2D eigenvalue weighted by molar-refractivity contribution is 5.71. The van der Waals surface area contributed by atoms with Gasteiger partial charge in [0.25, 0.3) is 5.56 Å². The van der Waals surface area contributed by atoms with Crippen LogP contribution < -0.4 is 5.56 Å². The van der Waals surface area contributed by atoms with Gasteiger partial charge in [0, 0.05) is 50.4 Å². The number of hydrogen-bond donors (Lipinski definition) is 1. The van der Waals surface area contributed by atoms with E-state index in [0.29, 0.717) is 31.9 Å². The van der Waals surface area contributed by atoms with Crippen molar-refractivity contribution in [3.8, 4) is 0 Å². The van der Waals surface area contributed by atoms with Crippen LogP contribution in [0.1, 0.15) is 17.0 Å². The van der Waals surface area contributed by atoms with Gasteiger partial charge in [0.1, 0.15) is 6.61 Å². The van der Waals surface area contributed by atoms with Gasteiger partial charge in [-0.05, 0) is 12.5 Å². The summed E-state index contributed by atoms with van der Waals surface area (Å²) in [7, 11) is 0. The molecule has 2 aliphatic rings. The van der Waals surface area contributed by atoms with Gasteiger partial charge in [-0.1, -0.05) is 30.3 Å². The summed E-state index contributed by atoms with van der Waals surface area (Å²) < 4.78 is 6.90. The quantitative estimate of drug-likeness (QED) is 0.728. The number of hydrogen-bond acceptors (Lipinski definition) is 5. The average molecular weight is 393 g/mol. The monoisotopic (exact) mass is 393 g/mol. The van der Waals surface area contributed by atoms with Gasteiger partial charge in [-0.3, -0.25) is 19.7 Å². The van der Waals surface area contributed by atoms with Gasteiger partial charge in [0.15, 0.2) is 5.65 Å². The molecule has 1 aromatic carbocycles. The Balaban J connectivity index is 1.41. The minimum Gasteiger partial charge on any atom is -0.447 e. The largest absolute Gasteiger partial charge is 0.447 e. The molecule has 2 aliphatic heterocycles. The van der Waals surface area contributed by atoms with E-state index in [1.807, 2.05) is 36.1 Å². The van der Waals surface area contributed by atoms with Crippen molar-refractivity contribution in [3.05, 3.63) is 69.8 Å². The van der Waals surface area contributed by atoms with Crippen LogP contribution in [0.3, 0.4) is 0 Å². The summed E-state index contributed by atoms with van der Waals surface area (Å²) in [5.41, 5.74) is 2.93. The maximum atomic E-state index is 12.4. The van der Waals surface area contributed by atoms with E-state index < -0.39 is 0 Å². The van der Waals surface area contributed by atoms with Crippen LogP contribution in [0.2, 0.25) is 0 Å². The summed E-state index contributed by atoms with van der Waals surface area (Å²) in [4.78, 5) is 33.4. The van der Waals surface area contributed by atoms with E-state index in [1.54, 1.807) is 6.07 Å². The van der Waals surface area contributed by atoms with Gasteiger partial charge in [-0.25, -0.2) is 14.3 Å². The zero-order chi connectivity index (χ0) is 20.0. The first-order valence-electron chi connectivity index (χ1n) is 9.81. The first-order chi connectivity index (χ1) is 14.0. The molecule has 8 heteroatoms. The number of nitrogens with zero attached hydrogens (tertiary/aromatic N) is 4.